The van der Waals surface area contributed by atoms with E-state index in [9.17, 15) is 15.0 Å². The molecule has 2 N–H and O–H groups in total. The summed E-state index contributed by atoms with van der Waals surface area (Å²) in [6.45, 7) is 6.39. The van der Waals surface area contributed by atoms with Gasteiger partial charge in [-0.2, -0.15) is 0 Å². The number of ketones is 1. The molecule has 0 bridgehead atoms. The number of rotatable bonds is 0. The van der Waals surface area contributed by atoms with Crippen molar-refractivity contribution < 1.29 is 15.0 Å². The first-order chi connectivity index (χ1) is 7.36. The lowest BCUT2D eigenvalue weighted by molar-refractivity contribution is -0.155. The molecule has 0 heterocycles. The molecular formula is C13H22O3. The molecule has 0 aromatic rings. The zero-order valence-corrected chi connectivity index (χ0v) is 10.3. The second kappa shape index (κ2) is 3.81. The standard InChI is InChI=1S/C13H22O3/c1-7-4-10(14)9-5-11(15)12(16)6-13(9,3)8(7)2/h7-9,11-12,15-16H,4-6H2,1-3H3. The van der Waals surface area contributed by atoms with E-state index in [1.807, 2.05) is 0 Å². The van der Waals surface area contributed by atoms with E-state index >= 15 is 0 Å². The quantitative estimate of drug-likeness (QED) is 0.656. The summed E-state index contributed by atoms with van der Waals surface area (Å²) in [6, 6.07) is 0. The van der Waals surface area contributed by atoms with Gasteiger partial charge in [-0.05, 0) is 30.1 Å². The van der Waals surface area contributed by atoms with Crippen molar-refractivity contribution in [2.45, 2.75) is 52.2 Å². The first-order valence-corrected chi connectivity index (χ1v) is 6.25. The van der Waals surface area contributed by atoms with Crippen molar-refractivity contribution >= 4 is 5.78 Å². The zero-order chi connectivity index (χ0) is 12.1. The first kappa shape index (κ1) is 12.1. The van der Waals surface area contributed by atoms with E-state index in [1.54, 1.807) is 0 Å². The van der Waals surface area contributed by atoms with E-state index in [2.05, 4.69) is 20.8 Å². The van der Waals surface area contributed by atoms with Crippen molar-refractivity contribution in [3.05, 3.63) is 0 Å². The topological polar surface area (TPSA) is 57.5 Å². The average molecular weight is 226 g/mol. The fraction of sp³-hybridized carbons (Fsp3) is 0.923. The van der Waals surface area contributed by atoms with Crippen LogP contribution in [-0.4, -0.2) is 28.2 Å². The Bertz CT molecular complexity index is 302. The molecular weight excluding hydrogens is 204 g/mol. The van der Waals surface area contributed by atoms with Gasteiger partial charge in [0.05, 0.1) is 12.2 Å². The normalized spacial score (nSPS) is 53.6. The molecule has 2 aliphatic rings. The second-order valence-electron chi connectivity index (χ2n) is 6.07. The fourth-order valence-electron chi connectivity index (χ4n) is 3.69. The highest BCUT2D eigenvalue weighted by Gasteiger charge is 2.53. The molecule has 3 heteroatoms. The summed E-state index contributed by atoms with van der Waals surface area (Å²) in [5.41, 5.74) is -0.132. The Kier molecular flexibility index (Phi) is 2.87. The van der Waals surface area contributed by atoms with Crippen LogP contribution >= 0.6 is 0 Å². The Morgan fingerprint density at radius 1 is 1.25 bits per heavy atom. The minimum atomic E-state index is -0.720. The Morgan fingerprint density at radius 2 is 1.88 bits per heavy atom. The van der Waals surface area contributed by atoms with Crippen molar-refractivity contribution in [3.63, 3.8) is 0 Å². The van der Waals surface area contributed by atoms with Crippen LogP contribution in [0.15, 0.2) is 0 Å². The monoisotopic (exact) mass is 226 g/mol. The van der Waals surface area contributed by atoms with Crippen LogP contribution in [0.1, 0.15) is 40.0 Å². The summed E-state index contributed by atoms with van der Waals surface area (Å²) in [5, 5.41) is 19.5. The summed E-state index contributed by atoms with van der Waals surface area (Å²) in [7, 11) is 0. The summed E-state index contributed by atoms with van der Waals surface area (Å²) in [4.78, 5) is 12.0. The van der Waals surface area contributed by atoms with Gasteiger partial charge < -0.3 is 10.2 Å². The van der Waals surface area contributed by atoms with E-state index < -0.39 is 12.2 Å². The van der Waals surface area contributed by atoms with Crippen LogP contribution in [0.3, 0.4) is 0 Å². The lowest BCUT2D eigenvalue weighted by atomic mass is 9.52. The molecule has 0 amide bonds. The van der Waals surface area contributed by atoms with Crippen LogP contribution in [0, 0.1) is 23.2 Å². The molecule has 2 rings (SSSR count). The van der Waals surface area contributed by atoms with Crippen molar-refractivity contribution in [3.8, 4) is 0 Å². The van der Waals surface area contributed by atoms with E-state index in [0.29, 0.717) is 31.1 Å². The molecule has 0 radical (unpaired) electrons. The van der Waals surface area contributed by atoms with Gasteiger partial charge in [0.2, 0.25) is 0 Å². The van der Waals surface area contributed by atoms with E-state index in [4.69, 9.17) is 0 Å². The summed E-state index contributed by atoms with van der Waals surface area (Å²) < 4.78 is 0. The first-order valence-electron chi connectivity index (χ1n) is 6.25. The molecule has 16 heavy (non-hydrogen) atoms. The van der Waals surface area contributed by atoms with Crippen molar-refractivity contribution in [1.82, 2.24) is 0 Å². The zero-order valence-electron chi connectivity index (χ0n) is 10.3. The lowest BCUT2D eigenvalue weighted by Gasteiger charge is -2.53. The number of aliphatic hydroxyl groups is 2. The van der Waals surface area contributed by atoms with Gasteiger partial charge in [0.25, 0.3) is 0 Å². The van der Waals surface area contributed by atoms with Crippen molar-refractivity contribution in [2.24, 2.45) is 23.2 Å². The second-order valence-corrected chi connectivity index (χ2v) is 6.07. The molecule has 6 unspecified atom stereocenters. The highest BCUT2D eigenvalue weighted by molar-refractivity contribution is 5.83. The number of fused-ring (bicyclic) bond motifs is 1. The van der Waals surface area contributed by atoms with Crippen LogP contribution in [0.4, 0.5) is 0 Å². The summed E-state index contributed by atoms with van der Waals surface area (Å²) in [6.07, 6.45) is 0.234. The third-order valence-electron chi connectivity index (χ3n) is 5.17. The van der Waals surface area contributed by atoms with Crippen LogP contribution in [-0.2, 0) is 4.79 Å². The highest BCUT2D eigenvalue weighted by Crippen LogP contribution is 2.53. The third kappa shape index (κ3) is 1.61. The Labute approximate surface area is 96.9 Å². The Balaban J connectivity index is 2.31. The van der Waals surface area contributed by atoms with Gasteiger partial charge in [-0.15, -0.1) is 0 Å². The molecule has 2 aliphatic carbocycles. The molecule has 2 fully saturated rings. The Morgan fingerprint density at radius 3 is 2.50 bits per heavy atom. The molecule has 0 saturated heterocycles. The largest absolute Gasteiger partial charge is 0.390 e. The fourth-order valence-corrected chi connectivity index (χ4v) is 3.69. The number of carbonyl (C=O) groups is 1. The van der Waals surface area contributed by atoms with Crippen LogP contribution in [0.25, 0.3) is 0 Å². The predicted molar refractivity (Wildman–Crippen MR) is 60.8 cm³/mol. The van der Waals surface area contributed by atoms with E-state index in [-0.39, 0.29) is 17.1 Å². The Hall–Kier alpha value is -0.410. The van der Waals surface area contributed by atoms with Gasteiger partial charge in [-0.1, -0.05) is 20.8 Å². The maximum absolute atomic E-state index is 12.0. The van der Waals surface area contributed by atoms with Crippen LogP contribution < -0.4 is 0 Å². The van der Waals surface area contributed by atoms with Crippen molar-refractivity contribution in [2.75, 3.05) is 0 Å². The molecule has 0 aliphatic heterocycles. The van der Waals surface area contributed by atoms with Gasteiger partial charge in [0, 0.05) is 12.3 Å². The number of carbonyl (C=O) groups excluding carboxylic acids is 1. The number of Topliss-reactive ketones (excluding diaryl/α,β-unsaturated/α-hetero) is 1. The molecule has 0 spiro atoms. The van der Waals surface area contributed by atoms with Gasteiger partial charge in [0.1, 0.15) is 5.78 Å². The molecule has 92 valence electrons. The molecule has 3 nitrogen and oxygen atoms in total. The summed E-state index contributed by atoms with van der Waals surface area (Å²) >= 11 is 0. The predicted octanol–water partition coefficient (Wildman–Crippen LogP) is 1.37. The highest BCUT2D eigenvalue weighted by atomic mass is 16.3. The molecule has 0 aromatic carbocycles. The van der Waals surface area contributed by atoms with Crippen LogP contribution in [0.2, 0.25) is 0 Å². The summed E-state index contributed by atoms with van der Waals surface area (Å²) in [5.74, 6) is 1.03. The minimum absolute atomic E-state index is 0.0582. The van der Waals surface area contributed by atoms with E-state index in [0.717, 1.165) is 0 Å². The number of hydrogen-bond donors (Lipinski definition) is 2. The van der Waals surface area contributed by atoms with Gasteiger partial charge in [-0.3, -0.25) is 4.79 Å². The van der Waals surface area contributed by atoms with Gasteiger partial charge in [0.15, 0.2) is 0 Å². The lowest BCUT2D eigenvalue weighted by Crippen LogP contribution is -2.54. The maximum atomic E-state index is 12.0. The minimum Gasteiger partial charge on any atom is -0.390 e. The number of aliphatic hydroxyl groups excluding tert-OH is 2. The number of hydrogen-bond acceptors (Lipinski definition) is 3. The van der Waals surface area contributed by atoms with E-state index in [1.165, 1.54) is 0 Å². The smallest absolute Gasteiger partial charge is 0.136 e. The average Bonchev–Trinajstić information content (AvgIpc) is 2.20. The SMILES string of the molecule is CC1CC(=O)C2CC(O)C(O)CC2(C)C1C. The van der Waals surface area contributed by atoms with Crippen LogP contribution in [0.5, 0.6) is 0 Å². The molecule has 2 saturated carbocycles. The van der Waals surface area contributed by atoms with Gasteiger partial charge in [-0.25, -0.2) is 0 Å². The maximum Gasteiger partial charge on any atom is 0.136 e. The molecule has 0 aromatic heterocycles. The van der Waals surface area contributed by atoms with Crippen molar-refractivity contribution in [1.29, 1.82) is 0 Å². The molecule has 6 atom stereocenters. The van der Waals surface area contributed by atoms with Gasteiger partial charge >= 0.3 is 0 Å². The third-order valence-corrected chi connectivity index (χ3v) is 5.17.